The van der Waals surface area contributed by atoms with Gasteiger partial charge in [0.05, 0.1) is 5.69 Å². The Morgan fingerprint density at radius 3 is 2.57 bits per heavy atom. The number of benzene rings is 1. The second-order valence-corrected chi connectivity index (χ2v) is 5.48. The van der Waals surface area contributed by atoms with Gasteiger partial charge in [-0.2, -0.15) is 5.26 Å². The molecule has 21 heavy (non-hydrogen) atoms. The topological polar surface area (TPSA) is 96.1 Å². The first kappa shape index (κ1) is 14.8. The molecule has 4 N–H and O–H groups in total. The fraction of sp³-hybridized carbons (Fsp3) is 0.143. The summed E-state index contributed by atoms with van der Waals surface area (Å²) < 4.78 is 12.9. The van der Waals surface area contributed by atoms with E-state index in [0.717, 1.165) is 16.9 Å². The van der Waals surface area contributed by atoms with E-state index in [1.807, 2.05) is 6.07 Å². The summed E-state index contributed by atoms with van der Waals surface area (Å²) in [6, 6.07) is 8.04. The van der Waals surface area contributed by atoms with Crippen LogP contribution in [0.25, 0.3) is 0 Å². The van der Waals surface area contributed by atoms with E-state index in [4.69, 9.17) is 11.5 Å². The largest absolute Gasteiger partial charge is 0.396 e. The minimum absolute atomic E-state index is 0.107. The summed E-state index contributed by atoms with van der Waals surface area (Å²) in [5.74, 6) is -0.967. The molecule has 0 spiro atoms. The molecule has 1 aromatic carbocycles. The number of nitrogen functional groups attached to an aromatic ring is 1. The number of rotatable bonds is 4. The number of nitriles is 1. The number of carbonyl (C=O) groups is 1. The van der Waals surface area contributed by atoms with Gasteiger partial charge < -0.3 is 16.4 Å². The predicted molar refractivity (Wildman–Crippen MR) is 80.5 cm³/mol. The molecular weight excluding hydrogens is 291 g/mol. The number of nitrogens with two attached hydrogens (primary N) is 2. The van der Waals surface area contributed by atoms with Crippen LogP contribution in [0.15, 0.2) is 24.3 Å². The highest BCUT2D eigenvalue weighted by atomic mass is 32.1. The number of hydrogen-bond acceptors (Lipinski definition) is 5. The molecule has 5 nitrogen and oxygen atoms in total. The molecular formula is C14H13FN4OS. The molecule has 0 unspecified atom stereocenters. The van der Waals surface area contributed by atoms with Crippen molar-refractivity contribution in [3.05, 3.63) is 46.1 Å². The van der Waals surface area contributed by atoms with Crippen LogP contribution in [0.2, 0.25) is 0 Å². The van der Waals surface area contributed by atoms with E-state index in [1.165, 1.54) is 12.1 Å². The number of anilines is 2. The van der Waals surface area contributed by atoms with Gasteiger partial charge in [-0.15, -0.1) is 11.3 Å². The van der Waals surface area contributed by atoms with Gasteiger partial charge in [0, 0.05) is 13.6 Å². The summed E-state index contributed by atoms with van der Waals surface area (Å²) in [6.07, 6.45) is 0. The van der Waals surface area contributed by atoms with Crippen LogP contribution >= 0.6 is 11.3 Å². The lowest BCUT2D eigenvalue weighted by Crippen LogP contribution is -2.16. The van der Waals surface area contributed by atoms with Crippen molar-refractivity contribution in [3.63, 3.8) is 0 Å². The van der Waals surface area contributed by atoms with Gasteiger partial charge in [0.15, 0.2) is 0 Å². The summed E-state index contributed by atoms with van der Waals surface area (Å²) in [5.41, 5.74) is 12.2. The molecule has 0 fully saturated rings. The first-order valence-corrected chi connectivity index (χ1v) is 6.83. The molecule has 1 amide bonds. The standard InChI is InChI=1S/C14H13FN4OS/c1-19(7-8-2-4-9(15)5-3-8)14-10(6-16)11(17)12(21-14)13(18)20/h2-5H,7,17H2,1H3,(H2,18,20). The summed E-state index contributed by atoms with van der Waals surface area (Å²) in [7, 11) is 1.76. The molecule has 2 rings (SSSR count). The minimum atomic E-state index is -0.657. The van der Waals surface area contributed by atoms with Gasteiger partial charge >= 0.3 is 0 Å². The van der Waals surface area contributed by atoms with Gasteiger partial charge in [0.25, 0.3) is 5.91 Å². The minimum Gasteiger partial charge on any atom is -0.396 e. The maximum atomic E-state index is 12.9. The van der Waals surface area contributed by atoms with Crippen molar-refractivity contribution in [3.8, 4) is 6.07 Å². The van der Waals surface area contributed by atoms with Crippen LogP contribution in [0.1, 0.15) is 20.8 Å². The number of halogens is 1. The van der Waals surface area contributed by atoms with Crippen LogP contribution in [0.5, 0.6) is 0 Å². The molecule has 0 atom stereocenters. The van der Waals surface area contributed by atoms with E-state index < -0.39 is 5.91 Å². The summed E-state index contributed by atoms with van der Waals surface area (Å²) in [4.78, 5) is 13.3. The van der Waals surface area contributed by atoms with E-state index >= 15 is 0 Å². The summed E-state index contributed by atoms with van der Waals surface area (Å²) >= 11 is 1.08. The third kappa shape index (κ3) is 2.95. The van der Waals surface area contributed by atoms with Crippen molar-refractivity contribution >= 4 is 27.9 Å². The van der Waals surface area contributed by atoms with Crippen molar-refractivity contribution < 1.29 is 9.18 Å². The van der Waals surface area contributed by atoms with Crippen LogP contribution in [0.4, 0.5) is 15.1 Å². The zero-order chi connectivity index (χ0) is 15.6. The Hall–Kier alpha value is -2.59. The predicted octanol–water partition coefficient (Wildman–Crippen LogP) is 2.08. The zero-order valence-corrected chi connectivity index (χ0v) is 12.1. The number of hydrogen-bond donors (Lipinski definition) is 2. The van der Waals surface area contributed by atoms with E-state index in [9.17, 15) is 14.4 Å². The molecule has 0 saturated heterocycles. The highest BCUT2D eigenvalue weighted by Gasteiger charge is 2.21. The van der Waals surface area contributed by atoms with E-state index in [0.29, 0.717) is 11.5 Å². The quantitative estimate of drug-likeness (QED) is 0.903. The van der Waals surface area contributed by atoms with Crippen LogP contribution in [-0.4, -0.2) is 13.0 Å². The molecule has 2 aromatic rings. The van der Waals surface area contributed by atoms with Crippen LogP contribution in [0.3, 0.4) is 0 Å². The Morgan fingerprint density at radius 2 is 2.05 bits per heavy atom. The van der Waals surface area contributed by atoms with Gasteiger partial charge in [-0.3, -0.25) is 4.79 Å². The van der Waals surface area contributed by atoms with Crippen molar-refractivity contribution in [1.82, 2.24) is 0 Å². The molecule has 0 aliphatic carbocycles. The Labute approximate surface area is 125 Å². The average molecular weight is 304 g/mol. The maximum Gasteiger partial charge on any atom is 0.261 e. The lowest BCUT2D eigenvalue weighted by Gasteiger charge is -2.17. The van der Waals surface area contributed by atoms with Gasteiger partial charge in [0.1, 0.15) is 27.3 Å². The number of amides is 1. The van der Waals surface area contributed by atoms with Gasteiger partial charge in [0.2, 0.25) is 0 Å². The lowest BCUT2D eigenvalue weighted by molar-refractivity contribution is 0.100. The Morgan fingerprint density at radius 1 is 1.43 bits per heavy atom. The number of nitrogens with zero attached hydrogens (tertiary/aromatic N) is 2. The van der Waals surface area contributed by atoms with Crippen molar-refractivity contribution in [2.24, 2.45) is 5.73 Å². The molecule has 0 saturated carbocycles. The van der Waals surface area contributed by atoms with Crippen LogP contribution < -0.4 is 16.4 Å². The molecule has 0 aliphatic heterocycles. The van der Waals surface area contributed by atoms with E-state index in [-0.39, 0.29) is 21.9 Å². The monoisotopic (exact) mass is 304 g/mol. The van der Waals surface area contributed by atoms with Crippen molar-refractivity contribution in [2.75, 3.05) is 17.7 Å². The Kier molecular flexibility index (Phi) is 4.10. The SMILES string of the molecule is CN(Cc1ccc(F)cc1)c1sc(C(N)=O)c(N)c1C#N. The molecule has 1 aromatic heterocycles. The third-order valence-corrected chi connectivity index (χ3v) is 4.28. The highest BCUT2D eigenvalue weighted by Crippen LogP contribution is 2.37. The maximum absolute atomic E-state index is 12.9. The van der Waals surface area contributed by atoms with E-state index in [1.54, 1.807) is 24.1 Å². The smallest absolute Gasteiger partial charge is 0.261 e. The summed E-state index contributed by atoms with van der Waals surface area (Å²) in [5, 5.41) is 9.76. The average Bonchev–Trinajstić information content (AvgIpc) is 2.78. The first-order chi connectivity index (χ1) is 9.93. The normalized spacial score (nSPS) is 10.1. The molecule has 0 radical (unpaired) electrons. The summed E-state index contributed by atoms with van der Waals surface area (Å²) in [6.45, 7) is 0.452. The Balaban J connectivity index is 2.33. The van der Waals surface area contributed by atoms with Crippen molar-refractivity contribution in [1.29, 1.82) is 5.26 Å². The Bertz CT molecular complexity index is 718. The molecule has 0 bridgehead atoms. The second-order valence-electron chi connectivity index (χ2n) is 4.48. The third-order valence-electron chi connectivity index (χ3n) is 2.94. The first-order valence-electron chi connectivity index (χ1n) is 6.01. The number of primary amides is 1. The molecule has 108 valence electrons. The molecule has 1 heterocycles. The van der Waals surface area contributed by atoms with Gasteiger partial charge in [-0.1, -0.05) is 12.1 Å². The number of thiophene rings is 1. The highest BCUT2D eigenvalue weighted by molar-refractivity contribution is 7.19. The van der Waals surface area contributed by atoms with Gasteiger partial charge in [-0.25, -0.2) is 4.39 Å². The fourth-order valence-electron chi connectivity index (χ4n) is 1.93. The van der Waals surface area contributed by atoms with Crippen LogP contribution in [0, 0.1) is 17.1 Å². The van der Waals surface area contributed by atoms with Gasteiger partial charge in [-0.05, 0) is 17.7 Å². The second kappa shape index (κ2) is 5.81. The van der Waals surface area contributed by atoms with Crippen LogP contribution in [-0.2, 0) is 6.54 Å². The number of carbonyl (C=O) groups excluding carboxylic acids is 1. The van der Waals surface area contributed by atoms with E-state index in [2.05, 4.69) is 0 Å². The molecule has 7 heteroatoms. The zero-order valence-electron chi connectivity index (χ0n) is 11.3. The fourth-order valence-corrected chi connectivity index (χ4v) is 2.91. The van der Waals surface area contributed by atoms with Crippen molar-refractivity contribution in [2.45, 2.75) is 6.54 Å². The lowest BCUT2D eigenvalue weighted by atomic mass is 10.2. The molecule has 0 aliphatic rings.